The maximum absolute atomic E-state index is 10.7. The molecule has 1 unspecified atom stereocenters. The van der Waals surface area contributed by atoms with Crippen molar-refractivity contribution in [1.82, 2.24) is 4.98 Å². The number of carboxylic acid groups (broad SMARTS) is 1. The number of aliphatic carboxylic acids is 1. The number of nitrogens with two attached hydrogens (primary N) is 1. The van der Waals surface area contributed by atoms with Crippen LogP contribution in [0.5, 0.6) is 0 Å². The highest BCUT2D eigenvalue weighted by molar-refractivity contribution is 7.22. The van der Waals surface area contributed by atoms with E-state index in [2.05, 4.69) is 4.98 Å². The van der Waals surface area contributed by atoms with Gasteiger partial charge < -0.3 is 10.8 Å². The highest BCUT2D eigenvalue weighted by Gasteiger charge is 2.11. The Hall–Kier alpha value is -1.62. The van der Waals surface area contributed by atoms with Gasteiger partial charge in [-0.15, -0.1) is 0 Å². The average molecular weight is 250 g/mol. The second kappa shape index (κ2) is 4.71. The molecule has 0 spiro atoms. The van der Waals surface area contributed by atoms with E-state index >= 15 is 0 Å². The predicted molar refractivity (Wildman–Crippen MR) is 69.2 cm³/mol. The molecule has 2 rings (SSSR count). The molecule has 3 N–H and O–H groups in total. The number of nitrogens with zero attached hydrogens (tertiary/aromatic N) is 1. The van der Waals surface area contributed by atoms with Gasteiger partial charge in [0.2, 0.25) is 0 Å². The van der Waals surface area contributed by atoms with E-state index in [9.17, 15) is 4.79 Å². The number of thiazole rings is 1. The van der Waals surface area contributed by atoms with Crippen LogP contribution in [0.2, 0.25) is 0 Å². The lowest BCUT2D eigenvalue weighted by atomic mass is 10.0. The van der Waals surface area contributed by atoms with E-state index in [0.29, 0.717) is 11.6 Å². The van der Waals surface area contributed by atoms with Crippen LogP contribution in [-0.4, -0.2) is 16.1 Å². The van der Waals surface area contributed by atoms with Crippen LogP contribution in [0.1, 0.15) is 18.9 Å². The molecule has 0 saturated carbocycles. The smallest absolute Gasteiger partial charge is 0.306 e. The van der Waals surface area contributed by atoms with Gasteiger partial charge in [-0.25, -0.2) is 4.98 Å². The second-order valence-corrected chi connectivity index (χ2v) is 5.19. The standard InChI is InChI=1S/C12H14N2O2S/c1-7(11(15)16)2-3-8-4-5-9-10(6-8)17-12(13)14-9/h4-7H,2-3H2,1H3,(H2,13,14)(H,15,16). The van der Waals surface area contributed by atoms with Crippen molar-refractivity contribution in [3.05, 3.63) is 23.8 Å². The molecule has 1 heterocycles. The Morgan fingerprint density at radius 1 is 1.59 bits per heavy atom. The molecule has 0 fully saturated rings. The summed E-state index contributed by atoms with van der Waals surface area (Å²) in [5.74, 6) is -1.05. The van der Waals surface area contributed by atoms with Crippen LogP contribution >= 0.6 is 11.3 Å². The van der Waals surface area contributed by atoms with E-state index in [-0.39, 0.29) is 5.92 Å². The third-order valence-corrected chi connectivity index (χ3v) is 3.60. The van der Waals surface area contributed by atoms with Gasteiger partial charge in [-0.3, -0.25) is 4.79 Å². The first-order valence-corrected chi connectivity index (χ1v) is 6.25. The lowest BCUT2D eigenvalue weighted by Crippen LogP contribution is -2.10. The monoisotopic (exact) mass is 250 g/mol. The molecule has 0 aliphatic rings. The number of anilines is 1. The zero-order chi connectivity index (χ0) is 12.4. The van der Waals surface area contributed by atoms with Gasteiger partial charge in [0.25, 0.3) is 0 Å². The summed E-state index contributed by atoms with van der Waals surface area (Å²) in [5, 5.41) is 9.38. The number of hydrogen-bond donors (Lipinski definition) is 2. The van der Waals surface area contributed by atoms with Crippen molar-refractivity contribution in [2.24, 2.45) is 5.92 Å². The molecule has 1 aromatic carbocycles. The number of fused-ring (bicyclic) bond motifs is 1. The molecule has 0 saturated heterocycles. The quantitative estimate of drug-likeness (QED) is 0.874. The van der Waals surface area contributed by atoms with Crippen molar-refractivity contribution in [1.29, 1.82) is 0 Å². The van der Waals surface area contributed by atoms with Gasteiger partial charge in [0, 0.05) is 0 Å². The van der Waals surface area contributed by atoms with Crippen LogP contribution in [0, 0.1) is 5.92 Å². The molecule has 0 amide bonds. The minimum atomic E-state index is -0.742. The van der Waals surface area contributed by atoms with Crippen LogP contribution in [0.15, 0.2) is 18.2 Å². The van der Waals surface area contributed by atoms with Crippen LogP contribution < -0.4 is 5.73 Å². The summed E-state index contributed by atoms with van der Waals surface area (Å²) in [4.78, 5) is 14.9. The molecule has 0 aliphatic heterocycles. The molecule has 0 aliphatic carbocycles. The number of carbonyl (C=O) groups is 1. The summed E-state index contributed by atoms with van der Waals surface area (Å²) in [5.41, 5.74) is 7.67. The molecule has 90 valence electrons. The van der Waals surface area contributed by atoms with Crippen molar-refractivity contribution in [2.75, 3.05) is 5.73 Å². The van der Waals surface area contributed by atoms with E-state index in [4.69, 9.17) is 10.8 Å². The fourth-order valence-electron chi connectivity index (χ4n) is 1.65. The summed E-state index contributed by atoms with van der Waals surface area (Å²) >= 11 is 1.46. The van der Waals surface area contributed by atoms with Crippen LogP contribution in [-0.2, 0) is 11.2 Å². The molecular formula is C12H14N2O2S. The SMILES string of the molecule is CC(CCc1ccc2nc(N)sc2c1)C(=O)O. The van der Waals surface area contributed by atoms with E-state index < -0.39 is 5.97 Å². The fourth-order valence-corrected chi connectivity index (χ4v) is 2.45. The number of aryl methyl sites for hydroxylation is 1. The van der Waals surface area contributed by atoms with Crippen molar-refractivity contribution in [2.45, 2.75) is 19.8 Å². The third kappa shape index (κ3) is 2.74. The van der Waals surface area contributed by atoms with E-state index in [1.54, 1.807) is 6.92 Å². The summed E-state index contributed by atoms with van der Waals surface area (Å²) in [6, 6.07) is 5.96. The van der Waals surface area contributed by atoms with Crippen molar-refractivity contribution < 1.29 is 9.90 Å². The van der Waals surface area contributed by atoms with Gasteiger partial charge in [-0.05, 0) is 30.5 Å². The average Bonchev–Trinajstić information content (AvgIpc) is 2.64. The second-order valence-electron chi connectivity index (χ2n) is 4.13. The zero-order valence-corrected chi connectivity index (χ0v) is 10.3. The van der Waals surface area contributed by atoms with Gasteiger partial charge in [0.1, 0.15) is 0 Å². The van der Waals surface area contributed by atoms with Crippen LogP contribution in [0.4, 0.5) is 5.13 Å². The molecule has 4 nitrogen and oxygen atoms in total. The third-order valence-electron chi connectivity index (χ3n) is 2.76. The molecule has 5 heteroatoms. The van der Waals surface area contributed by atoms with E-state index in [1.165, 1.54) is 11.3 Å². The van der Waals surface area contributed by atoms with Crippen LogP contribution in [0.25, 0.3) is 10.2 Å². The first-order chi connectivity index (χ1) is 8.06. The Labute approximate surface area is 103 Å². The molecule has 17 heavy (non-hydrogen) atoms. The first-order valence-electron chi connectivity index (χ1n) is 5.44. The maximum atomic E-state index is 10.7. The van der Waals surface area contributed by atoms with Crippen molar-refractivity contribution in [3.8, 4) is 0 Å². The number of hydrogen-bond acceptors (Lipinski definition) is 4. The number of nitrogen functional groups attached to an aromatic ring is 1. The summed E-state index contributed by atoms with van der Waals surface area (Å²) in [6.45, 7) is 1.73. The lowest BCUT2D eigenvalue weighted by molar-refractivity contribution is -0.141. The van der Waals surface area contributed by atoms with Crippen molar-refractivity contribution in [3.63, 3.8) is 0 Å². The zero-order valence-electron chi connectivity index (χ0n) is 9.51. The summed E-state index contributed by atoms with van der Waals surface area (Å²) in [7, 11) is 0. The molecule has 1 aromatic heterocycles. The Bertz CT molecular complexity index is 550. The Morgan fingerprint density at radius 3 is 3.06 bits per heavy atom. The fraction of sp³-hybridized carbons (Fsp3) is 0.333. The minimum absolute atomic E-state index is 0.308. The molecular weight excluding hydrogens is 236 g/mol. The van der Waals surface area contributed by atoms with E-state index in [1.807, 2.05) is 18.2 Å². The van der Waals surface area contributed by atoms with Gasteiger partial charge in [-0.1, -0.05) is 24.3 Å². The van der Waals surface area contributed by atoms with Gasteiger partial charge in [0.15, 0.2) is 5.13 Å². The van der Waals surface area contributed by atoms with E-state index in [0.717, 1.165) is 22.2 Å². The Morgan fingerprint density at radius 2 is 2.35 bits per heavy atom. The van der Waals surface area contributed by atoms with Gasteiger partial charge in [-0.2, -0.15) is 0 Å². The van der Waals surface area contributed by atoms with Gasteiger partial charge >= 0.3 is 5.97 Å². The predicted octanol–water partition coefficient (Wildman–Crippen LogP) is 2.53. The summed E-state index contributed by atoms with van der Waals surface area (Å²) in [6.07, 6.45) is 1.41. The largest absolute Gasteiger partial charge is 0.481 e. The first kappa shape index (κ1) is 11.9. The molecule has 2 aromatic rings. The molecule has 0 bridgehead atoms. The number of carboxylic acids is 1. The molecule has 0 radical (unpaired) electrons. The Kier molecular flexibility index (Phi) is 3.28. The number of benzene rings is 1. The summed E-state index contributed by atoms with van der Waals surface area (Å²) < 4.78 is 1.06. The Balaban J connectivity index is 2.11. The number of rotatable bonds is 4. The minimum Gasteiger partial charge on any atom is -0.481 e. The lowest BCUT2D eigenvalue weighted by Gasteiger charge is -2.05. The molecule has 1 atom stereocenters. The highest BCUT2D eigenvalue weighted by atomic mass is 32.1. The van der Waals surface area contributed by atoms with Crippen molar-refractivity contribution >= 4 is 32.7 Å². The normalized spacial score (nSPS) is 12.8. The van der Waals surface area contributed by atoms with Crippen LogP contribution in [0.3, 0.4) is 0 Å². The highest BCUT2D eigenvalue weighted by Crippen LogP contribution is 2.25. The van der Waals surface area contributed by atoms with Gasteiger partial charge in [0.05, 0.1) is 16.1 Å². The topological polar surface area (TPSA) is 76.2 Å². The maximum Gasteiger partial charge on any atom is 0.306 e. The number of aromatic nitrogens is 1.